The van der Waals surface area contributed by atoms with Gasteiger partial charge in [-0.15, -0.1) is 0 Å². The lowest BCUT2D eigenvalue weighted by atomic mass is 10.1. The molecule has 1 aromatic carbocycles. The molecule has 1 aromatic rings. The van der Waals surface area contributed by atoms with E-state index in [4.69, 9.17) is 17.3 Å². The normalized spacial score (nSPS) is 18.8. The lowest BCUT2D eigenvalue weighted by molar-refractivity contribution is -0.122. The fourth-order valence-electron chi connectivity index (χ4n) is 2.58. The number of nitrogens with zero attached hydrogens (tertiary/aromatic N) is 1. The molecule has 1 amide bonds. The van der Waals surface area contributed by atoms with Gasteiger partial charge in [0.1, 0.15) is 0 Å². The highest BCUT2D eigenvalue weighted by atomic mass is 35.5. The van der Waals surface area contributed by atoms with Crippen molar-refractivity contribution >= 4 is 17.5 Å². The van der Waals surface area contributed by atoms with Gasteiger partial charge in [0.05, 0.1) is 12.1 Å². The van der Waals surface area contributed by atoms with E-state index in [1.54, 1.807) is 6.92 Å². The molecule has 3 N–H and O–H groups in total. The first-order valence-corrected chi connectivity index (χ1v) is 7.48. The van der Waals surface area contributed by atoms with E-state index >= 15 is 0 Å². The van der Waals surface area contributed by atoms with Crippen LogP contribution in [0.15, 0.2) is 24.3 Å². The van der Waals surface area contributed by atoms with E-state index in [1.807, 2.05) is 18.2 Å². The minimum Gasteiger partial charge on any atom is -0.353 e. The van der Waals surface area contributed by atoms with Gasteiger partial charge >= 0.3 is 0 Å². The zero-order chi connectivity index (χ0) is 14.5. The SMILES string of the molecule is CC(N)C(=O)NCC(c1cccc(Cl)c1)N1CCCC1. The molecule has 1 saturated heterocycles. The van der Waals surface area contributed by atoms with Gasteiger partial charge in [-0.25, -0.2) is 0 Å². The van der Waals surface area contributed by atoms with Crippen molar-refractivity contribution in [3.8, 4) is 0 Å². The van der Waals surface area contributed by atoms with E-state index in [2.05, 4.69) is 16.3 Å². The number of nitrogens with one attached hydrogen (secondary N) is 1. The Bertz CT molecular complexity index is 458. The van der Waals surface area contributed by atoms with Crippen LogP contribution in [0.25, 0.3) is 0 Å². The molecule has 2 rings (SSSR count). The molecule has 5 heteroatoms. The minimum absolute atomic E-state index is 0.115. The smallest absolute Gasteiger partial charge is 0.236 e. The van der Waals surface area contributed by atoms with Crippen LogP contribution < -0.4 is 11.1 Å². The molecule has 2 unspecified atom stereocenters. The van der Waals surface area contributed by atoms with Gasteiger partial charge < -0.3 is 11.1 Å². The van der Waals surface area contributed by atoms with Gasteiger partial charge in [-0.1, -0.05) is 23.7 Å². The Balaban J connectivity index is 2.10. The molecule has 2 atom stereocenters. The number of halogens is 1. The Hall–Kier alpha value is -1.10. The summed E-state index contributed by atoms with van der Waals surface area (Å²) in [5, 5.41) is 3.66. The molecular formula is C15H22ClN3O. The van der Waals surface area contributed by atoms with E-state index < -0.39 is 6.04 Å². The molecule has 0 spiro atoms. The zero-order valence-electron chi connectivity index (χ0n) is 11.8. The first-order chi connectivity index (χ1) is 9.58. The van der Waals surface area contributed by atoms with Gasteiger partial charge in [0.25, 0.3) is 0 Å². The Morgan fingerprint density at radius 1 is 1.45 bits per heavy atom. The Kier molecular flexibility index (Phi) is 5.40. The molecule has 1 heterocycles. The number of nitrogens with two attached hydrogens (primary N) is 1. The second-order valence-corrected chi connectivity index (χ2v) is 5.78. The maximum atomic E-state index is 11.7. The van der Waals surface area contributed by atoms with Crippen LogP contribution in [0.4, 0.5) is 0 Å². The summed E-state index contributed by atoms with van der Waals surface area (Å²) < 4.78 is 0. The number of hydrogen-bond donors (Lipinski definition) is 2. The highest BCUT2D eigenvalue weighted by Crippen LogP contribution is 2.26. The summed E-state index contributed by atoms with van der Waals surface area (Å²) in [5.41, 5.74) is 6.73. The Labute approximate surface area is 125 Å². The average molecular weight is 296 g/mol. The molecule has 4 nitrogen and oxygen atoms in total. The molecular weight excluding hydrogens is 274 g/mol. The molecule has 1 fully saturated rings. The van der Waals surface area contributed by atoms with Crippen molar-refractivity contribution in [1.82, 2.24) is 10.2 Å². The molecule has 0 saturated carbocycles. The van der Waals surface area contributed by atoms with Crippen molar-refractivity contribution in [2.24, 2.45) is 5.73 Å². The van der Waals surface area contributed by atoms with Crippen molar-refractivity contribution < 1.29 is 4.79 Å². The van der Waals surface area contributed by atoms with Gasteiger partial charge in [0, 0.05) is 11.6 Å². The number of likely N-dealkylation sites (tertiary alicyclic amines) is 1. The van der Waals surface area contributed by atoms with Crippen LogP contribution in [-0.2, 0) is 4.79 Å². The molecule has 0 bridgehead atoms. The lowest BCUT2D eigenvalue weighted by Gasteiger charge is -2.28. The molecule has 1 aliphatic rings. The van der Waals surface area contributed by atoms with E-state index in [0.29, 0.717) is 6.54 Å². The van der Waals surface area contributed by atoms with E-state index in [1.165, 1.54) is 12.8 Å². The summed E-state index contributed by atoms with van der Waals surface area (Å²) in [6, 6.07) is 7.54. The summed E-state index contributed by atoms with van der Waals surface area (Å²) in [5.74, 6) is -0.115. The first kappa shape index (κ1) is 15.3. The molecule has 20 heavy (non-hydrogen) atoms. The third-order valence-electron chi connectivity index (χ3n) is 3.70. The lowest BCUT2D eigenvalue weighted by Crippen LogP contribution is -2.43. The van der Waals surface area contributed by atoms with Crippen LogP contribution in [0.1, 0.15) is 31.4 Å². The zero-order valence-corrected chi connectivity index (χ0v) is 12.6. The fourth-order valence-corrected chi connectivity index (χ4v) is 2.78. The maximum Gasteiger partial charge on any atom is 0.236 e. The number of amides is 1. The van der Waals surface area contributed by atoms with Crippen LogP contribution >= 0.6 is 11.6 Å². The van der Waals surface area contributed by atoms with Crippen molar-refractivity contribution in [3.63, 3.8) is 0 Å². The summed E-state index contributed by atoms with van der Waals surface area (Å²) in [6.45, 7) is 4.39. The monoisotopic (exact) mass is 295 g/mol. The van der Waals surface area contributed by atoms with Crippen LogP contribution in [-0.4, -0.2) is 36.5 Å². The van der Waals surface area contributed by atoms with Crippen molar-refractivity contribution in [3.05, 3.63) is 34.9 Å². The van der Waals surface area contributed by atoms with Gasteiger partial charge in [-0.05, 0) is 50.6 Å². The summed E-state index contributed by atoms with van der Waals surface area (Å²) >= 11 is 6.08. The number of benzene rings is 1. The predicted octanol–water partition coefficient (Wildman–Crippen LogP) is 1.94. The molecule has 1 aliphatic heterocycles. The summed E-state index contributed by atoms with van der Waals surface area (Å²) in [6.07, 6.45) is 2.41. The number of rotatable bonds is 5. The van der Waals surface area contributed by atoms with Crippen molar-refractivity contribution in [2.45, 2.75) is 31.8 Å². The first-order valence-electron chi connectivity index (χ1n) is 7.10. The summed E-state index contributed by atoms with van der Waals surface area (Å²) in [4.78, 5) is 14.1. The van der Waals surface area contributed by atoms with Crippen LogP contribution in [0.3, 0.4) is 0 Å². The topological polar surface area (TPSA) is 58.4 Å². The number of hydrogen-bond acceptors (Lipinski definition) is 3. The predicted molar refractivity (Wildman–Crippen MR) is 81.7 cm³/mol. The Morgan fingerprint density at radius 3 is 2.75 bits per heavy atom. The van der Waals surface area contributed by atoms with Gasteiger partial charge in [-0.3, -0.25) is 9.69 Å². The third-order valence-corrected chi connectivity index (χ3v) is 3.93. The molecule has 0 radical (unpaired) electrons. The second kappa shape index (κ2) is 7.07. The number of carbonyl (C=O) groups is 1. The Morgan fingerprint density at radius 2 is 2.15 bits per heavy atom. The fraction of sp³-hybridized carbons (Fsp3) is 0.533. The maximum absolute atomic E-state index is 11.7. The molecule has 110 valence electrons. The van der Waals surface area contributed by atoms with Gasteiger partial charge in [0.15, 0.2) is 0 Å². The van der Waals surface area contributed by atoms with Gasteiger partial charge in [-0.2, -0.15) is 0 Å². The second-order valence-electron chi connectivity index (χ2n) is 5.35. The van der Waals surface area contributed by atoms with E-state index in [-0.39, 0.29) is 11.9 Å². The standard InChI is InChI=1S/C15H22ClN3O/c1-11(17)15(20)18-10-14(19-7-2-3-8-19)12-5-4-6-13(16)9-12/h4-6,9,11,14H,2-3,7-8,10,17H2,1H3,(H,18,20). The average Bonchev–Trinajstić information content (AvgIpc) is 2.92. The minimum atomic E-state index is -0.478. The number of carbonyl (C=O) groups excluding carboxylic acids is 1. The largest absolute Gasteiger partial charge is 0.353 e. The summed E-state index contributed by atoms with van der Waals surface area (Å²) in [7, 11) is 0. The molecule has 0 aromatic heterocycles. The van der Waals surface area contributed by atoms with Crippen molar-refractivity contribution in [2.75, 3.05) is 19.6 Å². The van der Waals surface area contributed by atoms with Crippen molar-refractivity contribution in [1.29, 1.82) is 0 Å². The van der Waals surface area contributed by atoms with Crippen LogP contribution in [0, 0.1) is 0 Å². The highest BCUT2D eigenvalue weighted by Gasteiger charge is 2.24. The van der Waals surface area contributed by atoms with Gasteiger partial charge in [0.2, 0.25) is 5.91 Å². The quantitative estimate of drug-likeness (QED) is 0.873. The van der Waals surface area contributed by atoms with E-state index in [0.717, 1.165) is 23.7 Å². The van der Waals surface area contributed by atoms with Crippen LogP contribution in [0.2, 0.25) is 5.02 Å². The van der Waals surface area contributed by atoms with Crippen LogP contribution in [0.5, 0.6) is 0 Å². The third kappa shape index (κ3) is 3.95. The highest BCUT2D eigenvalue weighted by molar-refractivity contribution is 6.30. The molecule has 0 aliphatic carbocycles. The van der Waals surface area contributed by atoms with E-state index in [9.17, 15) is 4.79 Å².